The second-order valence-corrected chi connectivity index (χ2v) is 8.36. The summed E-state index contributed by atoms with van der Waals surface area (Å²) in [6.07, 6.45) is 0. The van der Waals surface area contributed by atoms with E-state index in [2.05, 4.69) is 5.32 Å². The molecule has 7 nitrogen and oxygen atoms in total. The Hall–Kier alpha value is -4.07. The van der Waals surface area contributed by atoms with Crippen molar-refractivity contribution in [3.63, 3.8) is 0 Å². The number of amides is 2. The van der Waals surface area contributed by atoms with Crippen LogP contribution in [0.1, 0.15) is 39.0 Å². The van der Waals surface area contributed by atoms with Crippen LogP contribution in [0.2, 0.25) is 0 Å². The van der Waals surface area contributed by atoms with Gasteiger partial charge in [-0.1, -0.05) is 18.2 Å². The van der Waals surface area contributed by atoms with Gasteiger partial charge >= 0.3 is 0 Å². The molecule has 3 aromatic rings. The average molecular weight is 479 g/mol. The van der Waals surface area contributed by atoms with Crippen molar-refractivity contribution < 1.29 is 28.2 Å². The number of benzene rings is 3. The molecule has 2 atom stereocenters. The van der Waals surface area contributed by atoms with Gasteiger partial charge in [0.25, 0.3) is 5.91 Å². The third kappa shape index (κ3) is 4.39. The number of fused-ring (bicyclic) bond motifs is 1. The summed E-state index contributed by atoms with van der Waals surface area (Å²) in [6.45, 7) is 1.65. The van der Waals surface area contributed by atoms with Gasteiger partial charge in [-0.2, -0.15) is 0 Å². The summed E-state index contributed by atoms with van der Waals surface area (Å²) in [7, 11) is 6.20. The van der Waals surface area contributed by atoms with Crippen molar-refractivity contribution in [3.05, 3.63) is 82.7 Å². The summed E-state index contributed by atoms with van der Waals surface area (Å²) in [5.41, 5.74) is 2.39. The first-order valence-electron chi connectivity index (χ1n) is 11.0. The number of ether oxygens (including phenoxy) is 3. The minimum Gasteiger partial charge on any atom is -0.497 e. The molecule has 1 N–H and O–H groups in total. The van der Waals surface area contributed by atoms with Crippen LogP contribution in [0.4, 0.5) is 10.1 Å². The second-order valence-electron chi connectivity index (χ2n) is 8.36. The van der Waals surface area contributed by atoms with Crippen LogP contribution < -0.4 is 19.5 Å². The lowest BCUT2D eigenvalue weighted by atomic mass is 9.79. The summed E-state index contributed by atoms with van der Waals surface area (Å²) in [4.78, 5) is 28.7. The average Bonchev–Trinajstić information content (AvgIpc) is 2.87. The number of likely N-dealkylation sites (N-methyl/N-ethyl adjacent to an activating group) is 1. The number of nitrogens with one attached hydrogen (secondary N) is 1. The molecule has 4 rings (SSSR count). The van der Waals surface area contributed by atoms with Crippen molar-refractivity contribution in [2.24, 2.45) is 0 Å². The van der Waals surface area contributed by atoms with Crippen molar-refractivity contribution in [2.75, 3.05) is 33.7 Å². The van der Waals surface area contributed by atoms with Gasteiger partial charge in [-0.15, -0.1) is 0 Å². The van der Waals surface area contributed by atoms with Crippen LogP contribution in [0.3, 0.4) is 0 Å². The fourth-order valence-corrected chi connectivity index (χ4v) is 4.44. The van der Waals surface area contributed by atoms with E-state index in [1.807, 2.05) is 12.1 Å². The highest BCUT2D eigenvalue weighted by Crippen LogP contribution is 2.46. The van der Waals surface area contributed by atoms with Gasteiger partial charge in [0, 0.05) is 18.3 Å². The monoisotopic (exact) mass is 478 g/mol. The Balaban J connectivity index is 1.86. The molecule has 0 unspecified atom stereocenters. The molecule has 0 saturated heterocycles. The number of hydrogen-bond donors (Lipinski definition) is 1. The second kappa shape index (κ2) is 9.66. The van der Waals surface area contributed by atoms with E-state index in [0.29, 0.717) is 39.6 Å². The number of hydrogen-bond acceptors (Lipinski definition) is 5. The molecule has 0 saturated carbocycles. The molecule has 2 amide bonds. The molecular weight excluding hydrogens is 451 g/mol. The van der Waals surface area contributed by atoms with Crippen molar-refractivity contribution in [1.82, 2.24) is 4.90 Å². The zero-order valence-electron chi connectivity index (χ0n) is 20.2. The molecule has 1 aliphatic rings. The normalized spacial score (nSPS) is 17.0. The molecule has 0 bridgehead atoms. The number of aryl methyl sites for hydroxylation is 1. The van der Waals surface area contributed by atoms with E-state index in [4.69, 9.17) is 14.2 Å². The van der Waals surface area contributed by atoms with Gasteiger partial charge in [-0.3, -0.25) is 9.59 Å². The molecule has 0 aliphatic carbocycles. The highest BCUT2D eigenvalue weighted by Gasteiger charge is 2.43. The fourth-order valence-electron chi connectivity index (χ4n) is 4.44. The number of carbonyl (C=O) groups is 2. The third-order valence-electron chi connectivity index (χ3n) is 6.35. The standard InChI is InChI=1S/C27H27FN2O5/c1-15-6-9-17(12-21(15)28)29-26(31)24-19-13-22(34-4)23(35-5)14-20(19)27(32)30(2)25(24)16-7-10-18(33-3)11-8-16/h6-14,24-25H,1-5H3,(H,29,31)/t24-,25-/m1/s1. The van der Waals surface area contributed by atoms with Crippen molar-refractivity contribution in [3.8, 4) is 17.2 Å². The zero-order chi connectivity index (χ0) is 25.3. The summed E-state index contributed by atoms with van der Waals surface area (Å²) in [5, 5.41) is 2.83. The van der Waals surface area contributed by atoms with Gasteiger partial charge in [-0.05, 0) is 60.0 Å². The number of carbonyl (C=O) groups excluding carboxylic acids is 2. The van der Waals surface area contributed by atoms with E-state index in [-0.39, 0.29) is 11.8 Å². The van der Waals surface area contributed by atoms with Crippen molar-refractivity contribution in [2.45, 2.75) is 18.9 Å². The van der Waals surface area contributed by atoms with Gasteiger partial charge in [-0.25, -0.2) is 4.39 Å². The molecule has 1 heterocycles. The quantitative estimate of drug-likeness (QED) is 0.555. The van der Waals surface area contributed by atoms with Crippen LogP contribution in [0, 0.1) is 12.7 Å². The molecule has 0 fully saturated rings. The SMILES string of the molecule is COc1ccc([C@@H]2[C@H](C(=O)Nc3ccc(C)c(F)c3)c3cc(OC)c(OC)cc3C(=O)N2C)cc1. The van der Waals surface area contributed by atoms with E-state index < -0.39 is 17.8 Å². The third-order valence-corrected chi connectivity index (χ3v) is 6.35. The smallest absolute Gasteiger partial charge is 0.254 e. The Bertz CT molecular complexity index is 1280. The summed E-state index contributed by atoms with van der Waals surface area (Å²) in [5.74, 6) is -0.440. The highest BCUT2D eigenvalue weighted by molar-refractivity contribution is 6.05. The molecule has 0 aromatic heterocycles. The molecular formula is C27H27FN2O5. The molecule has 35 heavy (non-hydrogen) atoms. The number of anilines is 1. The minimum absolute atomic E-state index is 0.257. The maximum absolute atomic E-state index is 14.2. The Morgan fingerprint density at radius 3 is 2.20 bits per heavy atom. The maximum Gasteiger partial charge on any atom is 0.254 e. The lowest BCUT2D eigenvalue weighted by Crippen LogP contribution is -2.44. The van der Waals surface area contributed by atoms with Crippen LogP contribution in [0.5, 0.6) is 17.2 Å². The lowest BCUT2D eigenvalue weighted by Gasteiger charge is -2.40. The first-order chi connectivity index (χ1) is 16.8. The van der Waals surface area contributed by atoms with Gasteiger partial charge in [0.2, 0.25) is 5.91 Å². The number of rotatable bonds is 6. The van der Waals surface area contributed by atoms with E-state index >= 15 is 0 Å². The summed E-state index contributed by atoms with van der Waals surface area (Å²) >= 11 is 0. The van der Waals surface area contributed by atoms with E-state index in [0.717, 1.165) is 5.56 Å². The molecule has 0 spiro atoms. The Morgan fingerprint density at radius 2 is 1.60 bits per heavy atom. The largest absolute Gasteiger partial charge is 0.497 e. The molecule has 0 radical (unpaired) electrons. The van der Waals surface area contributed by atoms with E-state index in [1.165, 1.54) is 25.2 Å². The summed E-state index contributed by atoms with van der Waals surface area (Å²) < 4.78 is 30.3. The van der Waals surface area contributed by atoms with Gasteiger partial charge in [0.15, 0.2) is 11.5 Å². The Kier molecular flexibility index (Phi) is 6.64. The predicted octanol–water partition coefficient (Wildman–Crippen LogP) is 4.71. The first-order valence-corrected chi connectivity index (χ1v) is 11.0. The van der Waals surface area contributed by atoms with Crippen molar-refractivity contribution in [1.29, 1.82) is 0 Å². The lowest BCUT2D eigenvalue weighted by molar-refractivity contribution is -0.119. The number of halogens is 1. The first kappa shape index (κ1) is 24.1. The van der Waals surface area contributed by atoms with Gasteiger partial charge in [0.05, 0.1) is 33.3 Å². The van der Waals surface area contributed by atoms with Crippen molar-refractivity contribution >= 4 is 17.5 Å². The molecule has 8 heteroatoms. The Morgan fingerprint density at radius 1 is 0.943 bits per heavy atom. The zero-order valence-corrected chi connectivity index (χ0v) is 20.2. The highest BCUT2D eigenvalue weighted by atomic mass is 19.1. The van der Waals surface area contributed by atoms with E-state index in [1.54, 1.807) is 57.5 Å². The number of nitrogens with zero attached hydrogens (tertiary/aromatic N) is 1. The minimum atomic E-state index is -0.815. The Labute approximate surface area is 203 Å². The molecule has 3 aromatic carbocycles. The summed E-state index contributed by atoms with van der Waals surface area (Å²) in [6, 6.07) is 14.4. The molecule has 1 aliphatic heterocycles. The van der Waals surface area contributed by atoms with Gasteiger partial charge < -0.3 is 24.4 Å². The maximum atomic E-state index is 14.2. The number of methoxy groups -OCH3 is 3. The fraction of sp³-hybridized carbons (Fsp3) is 0.259. The van der Waals surface area contributed by atoms with Crippen LogP contribution in [-0.2, 0) is 4.79 Å². The van der Waals surface area contributed by atoms with Crippen LogP contribution in [0.25, 0.3) is 0 Å². The van der Waals surface area contributed by atoms with Crippen LogP contribution in [0.15, 0.2) is 54.6 Å². The van der Waals surface area contributed by atoms with Crippen LogP contribution in [-0.4, -0.2) is 45.1 Å². The van der Waals surface area contributed by atoms with Crippen LogP contribution >= 0.6 is 0 Å². The topological polar surface area (TPSA) is 77.1 Å². The predicted molar refractivity (Wildman–Crippen MR) is 130 cm³/mol. The van der Waals surface area contributed by atoms with E-state index in [9.17, 15) is 14.0 Å². The van der Waals surface area contributed by atoms with Gasteiger partial charge in [0.1, 0.15) is 11.6 Å². The molecule has 182 valence electrons.